The molecule has 0 unspecified atom stereocenters. The van der Waals surface area contributed by atoms with E-state index >= 15 is 0 Å². The molecule has 3 aromatic rings. The number of nitrogens with zero attached hydrogens (tertiary/aromatic N) is 1. The molecule has 0 saturated carbocycles. The van der Waals surface area contributed by atoms with Crippen molar-refractivity contribution in [3.8, 4) is 0 Å². The molecule has 0 aromatic heterocycles. The van der Waals surface area contributed by atoms with Gasteiger partial charge in [-0.3, -0.25) is 0 Å². The third kappa shape index (κ3) is 4.79. The van der Waals surface area contributed by atoms with Crippen LogP contribution in [0.25, 0.3) is 12.2 Å². The minimum absolute atomic E-state index is 0.568. The average molecular weight is 325 g/mol. The van der Waals surface area contributed by atoms with Gasteiger partial charge in [0.15, 0.2) is 0 Å². The van der Waals surface area contributed by atoms with Crippen LogP contribution in [0.15, 0.2) is 103 Å². The van der Waals surface area contributed by atoms with Gasteiger partial charge in [0.25, 0.3) is 0 Å². The van der Waals surface area contributed by atoms with E-state index in [9.17, 15) is 5.21 Å². The molecule has 0 heterocycles. The first-order chi connectivity index (χ1) is 12.3. The lowest BCUT2D eigenvalue weighted by molar-refractivity contribution is -0.358. The molecule has 0 amide bonds. The van der Waals surface area contributed by atoms with E-state index in [1.54, 1.807) is 12.1 Å². The van der Waals surface area contributed by atoms with Crippen molar-refractivity contribution in [1.29, 1.82) is 0 Å². The highest BCUT2D eigenvalue weighted by Crippen LogP contribution is 2.12. The zero-order valence-electron chi connectivity index (χ0n) is 13.8. The van der Waals surface area contributed by atoms with Gasteiger partial charge in [-0.05, 0) is 23.3 Å². The van der Waals surface area contributed by atoms with Gasteiger partial charge in [0, 0.05) is 24.3 Å². The number of hydrogen-bond donors (Lipinski definition) is 0. The molecule has 0 atom stereocenters. The van der Waals surface area contributed by atoms with E-state index in [-0.39, 0.29) is 0 Å². The smallest absolute Gasteiger partial charge is 0.217 e. The number of hydrogen-bond acceptors (Lipinski definition) is 1. The van der Waals surface area contributed by atoms with Crippen molar-refractivity contribution in [1.82, 2.24) is 0 Å². The second-order valence-electron chi connectivity index (χ2n) is 5.54. The highest BCUT2D eigenvalue weighted by atomic mass is 16.5. The summed E-state index contributed by atoms with van der Waals surface area (Å²) in [4.78, 5) is 0. The maximum atomic E-state index is 12.8. The first-order valence-electron chi connectivity index (χ1n) is 8.18. The van der Waals surface area contributed by atoms with E-state index in [1.807, 2.05) is 103 Å². The van der Waals surface area contributed by atoms with E-state index in [0.29, 0.717) is 11.4 Å². The van der Waals surface area contributed by atoms with Crippen LogP contribution >= 0.6 is 0 Å². The van der Waals surface area contributed by atoms with Gasteiger partial charge in [-0.1, -0.05) is 78.9 Å². The highest BCUT2D eigenvalue weighted by molar-refractivity contribution is 6.05. The normalized spacial score (nSPS) is 11.0. The summed E-state index contributed by atoms with van der Waals surface area (Å²) in [5, 5.41) is 12.8. The van der Waals surface area contributed by atoms with Crippen LogP contribution in [0.5, 0.6) is 0 Å². The van der Waals surface area contributed by atoms with Crippen LogP contribution in [-0.2, 0) is 0 Å². The summed E-state index contributed by atoms with van der Waals surface area (Å²) in [6, 6.07) is 29.1. The zero-order chi connectivity index (χ0) is 17.3. The fourth-order valence-electron chi connectivity index (χ4n) is 2.39. The molecule has 0 N–H and O–H groups in total. The van der Waals surface area contributed by atoms with Crippen molar-refractivity contribution in [3.63, 3.8) is 0 Å². The van der Waals surface area contributed by atoms with Crippen LogP contribution in [0.2, 0.25) is 0 Å². The molecule has 0 aliphatic carbocycles. The Bertz CT molecular complexity index is 828. The van der Waals surface area contributed by atoms with Crippen LogP contribution in [0.1, 0.15) is 11.1 Å². The summed E-state index contributed by atoms with van der Waals surface area (Å²) >= 11 is 0. The minimum Gasteiger partial charge on any atom is -0.618 e. The molecule has 0 aliphatic rings. The molecule has 0 fully saturated rings. The quantitative estimate of drug-likeness (QED) is 0.256. The van der Waals surface area contributed by atoms with Crippen LogP contribution in [0.3, 0.4) is 0 Å². The van der Waals surface area contributed by atoms with Gasteiger partial charge in [-0.2, -0.15) is 4.74 Å². The molecule has 122 valence electrons. The monoisotopic (exact) mass is 325 g/mol. The topological polar surface area (TPSA) is 26.1 Å². The molecular formula is C23H19NO. The van der Waals surface area contributed by atoms with Gasteiger partial charge >= 0.3 is 0 Å². The summed E-state index contributed by atoms with van der Waals surface area (Å²) in [5.41, 5.74) is 3.27. The number of rotatable bonds is 5. The molecule has 2 heteroatoms. The van der Waals surface area contributed by atoms with E-state index < -0.39 is 0 Å². The Morgan fingerprint density at radius 2 is 1.00 bits per heavy atom. The van der Waals surface area contributed by atoms with Crippen molar-refractivity contribution in [2.45, 2.75) is 0 Å². The van der Waals surface area contributed by atoms with Crippen molar-refractivity contribution in [3.05, 3.63) is 119 Å². The molecular weight excluding hydrogens is 306 g/mol. The maximum Gasteiger partial charge on any atom is 0.217 e. The molecule has 0 radical (unpaired) electrons. The predicted molar refractivity (Wildman–Crippen MR) is 106 cm³/mol. The van der Waals surface area contributed by atoms with Gasteiger partial charge in [-0.25, -0.2) is 0 Å². The summed E-state index contributed by atoms with van der Waals surface area (Å²) < 4.78 is 0.943. The average Bonchev–Trinajstić information content (AvgIpc) is 2.70. The van der Waals surface area contributed by atoms with Crippen LogP contribution < -0.4 is 0 Å². The third-order valence-electron chi connectivity index (χ3n) is 3.72. The lowest BCUT2D eigenvalue weighted by Crippen LogP contribution is -2.06. The third-order valence-corrected chi connectivity index (χ3v) is 3.72. The van der Waals surface area contributed by atoms with Crippen molar-refractivity contribution < 1.29 is 4.74 Å². The predicted octanol–water partition coefficient (Wildman–Crippen LogP) is 5.70. The molecule has 3 aromatic carbocycles. The minimum atomic E-state index is 0.568. The number of benzene rings is 3. The van der Waals surface area contributed by atoms with Crippen molar-refractivity contribution in [2.24, 2.45) is 0 Å². The summed E-state index contributed by atoms with van der Waals surface area (Å²) in [5.74, 6) is 0. The van der Waals surface area contributed by atoms with Gasteiger partial charge in [0.2, 0.25) is 11.4 Å². The lowest BCUT2D eigenvalue weighted by Gasteiger charge is -2.05. The fourth-order valence-corrected chi connectivity index (χ4v) is 2.39. The second-order valence-corrected chi connectivity index (χ2v) is 5.54. The molecule has 0 spiro atoms. The Balaban J connectivity index is 1.96. The van der Waals surface area contributed by atoms with E-state index in [4.69, 9.17) is 0 Å². The molecule has 3 rings (SSSR count). The molecule has 0 bridgehead atoms. The zero-order valence-corrected chi connectivity index (χ0v) is 13.8. The Morgan fingerprint density at radius 3 is 1.44 bits per heavy atom. The van der Waals surface area contributed by atoms with Crippen LogP contribution in [0.4, 0.5) is 5.69 Å². The second kappa shape index (κ2) is 8.46. The molecule has 0 aliphatic heterocycles. The van der Waals surface area contributed by atoms with Crippen LogP contribution in [0, 0.1) is 5.21 Å². The van der Waals surface area contributed by atoms with E-state index in [0.717, 1.165) is 15.9 Å². The van der Waals surface area contributed by atoms with Gasteiger partial charge in [0.1, 0.15) is 0 Å². The highest BCUT2D eigenvalue weighted by Gasteiger charge is 2.06. The Hall–Kier alpha value is -3.39. The Kier molecular flexibility index (Phi) is 5.57. The summed E-state index contributed by atoms with van der Waals surface area (Å²) in [6.07, 6.45) is 7.57. The first kappa shape index (κ1) is 16.5. The molecule has 0 saturated heterocycles. The fraction of sp³-hybridized carbons (Fsp3) is 0. The summed E-state index contributed by atoms with van der Waals surface area (Å²) in [7, 11) is 0. The Labute approximate surface area is 148 Å². The molecule has 25 heavy (non-hydrogen) atoms. The van der Waals surface area contributed by atoms with Gasteiger partial charge in [0.05, 0.1) is 0 Å². The largest absolute Gasteiger partial charge is 0.618 e. The Morgan fingerprint density at radius 1 is 0.600 bits per heavy atom. The van der Waals surface area contributed by atoms with Crippen molar-refractivity contribution >= 4 is 23.6 Å². The lowest BCUT2D eigenvalue weighted by atomic mass is 10.1. The number of allylic oxidation sites excluding steroid dienone is 2. The standard InChI is InChI=1S/C23H19NO/c25-24(22-14-8-3-9-15-22)23(18-16-20-10-4-1-5-11-20)19-17-21-12-6-2-7-13-21/h1-19H/b18-16+,19-17+. The van der Waals surface area contributed by atoms with Gasteiger partial charge in [-0.15, -0.1) is 0 Å². The summed E-state index contributed by atoms with van der Waals surface area (Å²) in [6.45, 7) is 0. The SMILES string of the molecule is [O-][N+](=C(/C=C/c1ccccc1)/C=C/c1ccccc1)c1ccccc1. The van der Waals surface area contributed by atoms with Crippen molar-refractivity contribution in [2.75, 3.05) is 0 Å². The maximum absolute atomic E-state index is 12.8. The first-order valence-corrected chi connectivity index (χ1v) is 8.18. The van der Waals surface area contributed by atoms with Crippen LogP contribution in [-0.4, -0.2) is 10.5 Å². The van der Waals surface area contributed by atoms with Gasteiger partial charge < -0.3 is 5.21 Å². The van der Waals surface area contributed by atoms with E-state index in [2.05, 4.69) is 0 Å². The number of para-hydroxylation sites is 1. The molecule has 2 nitrogen and oxygen atoms in total. The van der Waals surface area contributed by atoms with E-state index in [1.165, 1.54) is 0 Å².